The van der Waals surface area contributed by atoms with Gasteiger partial charge in [0.25, 0.3) is 0 Å². The van der Waals surface area contributed by atoms with Crippen LogP contribution in [-0.4, -0.2) is 28.4 Å². The number of rotatable bonds is 8. The lowest BCUT2D eigenvalue weighted by molar-refractivity contribution is -0.144. The molecule has 0 aliphatic rings. The molecule has 0 aliphatic carbocycles. The molecule has 1 aromatic rings. The number of benzene rings is 1. The second kappa shape index (κ2) is 7.56. The van der Waals surface area contributed by atoms with Crippen LogP contribution in [0, 0.1) is 0 Å². The van der Waals surface area contributed by atoms with Gasteiger partial charge >= 0.3 is 5.97 Å². The van der Waals surface area contributed by atoms with Crippen molar-refractivity contribution >= 4 is 17.7 Å². The Morgan fingerprint density at radius 3 is 2.53 bits per heavy atom. The molecule has 0 saturated heterocycles. The standard InChI is InChI=1S/C15H23NO2S/c1-12(2)16-15(3,14(17)18)10-7-11-19-13-8-5-4-6-9-13/h4-6,8-9,12,16H,7,10-11H2,1-3H3,(H,17,18). The first-order valence-corrected chi connectivity index (χ1v) is 7.61. The van der Waals surface area contributed by atoms with Crippen LogP contribution in [0.5, 0.6) is 0 Å². The van der Waals surface area contributed by atoms with Crippen LogP contribution in [0.4, 0.5) is 0 Å². The highest BCUT2D eigenvalue weighted by atomic mass is 32.2. The number of carbonyl (C=O) groups is 1. The summed E-state index contributed by atoms with van der Waals surface area (Å²) < 4.78 is 0. The van der Waals surface area contributed by atoms with Crippen molar-refractivity contribution in [1.82, 2.24) is 5.32 Å². The monoisotopic (exact) mass is 281 g/mol. The van der Waals surface area contributed by atoms with E-state index in [0.29, 0.717) is 6.42 Å². The zero-order valence-corrected chi connectivity index (χ0v) is 12.7. The average Bonchev–Trinajstić information content (AvgIpc) is 2.35. The fourth-order valence-electron chi connectivity index (χ4n) is 2.01. The van der Waals surface area contributed by atoms with E-state index in [9.17, 15) is 9.90 Å². The first-order valence-electron chi connectivity index (χ1n) is 6.63. The van der Waals surface area contributed by atoms with E-state index in [4.69, 9.17) is 0 Å². The Kier molecular flexibility index (Phi) is 6.38. The van der Waals surface area contributed by atoms with E-state index in [1.54, 1.807) is 18.7 Å². The van der Waals surface area contributed by atoms with Gasteiger partial charge in [-0.2, -0.15) is 0 Å². The fraction of sp³-hybridized carbons (Fsp3) is 0.533. The van der Waals surface area contributed by atoms with Crippen molar-refractivity contribution < 1.29 is 9.90 Å². The van der Waals surface area contributed by atoms with Crippen molar-refractivity contribution in [1.29, 1.82) is 0 Å². The number of carboxylic acids is 1. The lowest BCUT2D eigenvalue weighted by atomic mass is 9.95. The Balaban J connectivity index is 2.39. The first kappa shape index (κ1) is 16.1. The molecule has 106 valence electrons. The topological polar surface area (TPSA) is 49.3 Å². The van der Waals surface area contributed by atoms with Crippen molar-refractivity contribution in [2.24, 2.45) is 0 Å². The van der Waals surface area contributed by atoms with Crippen molar-refractivity contribution in [2.75, 3.05) is 5.75 Å². The molecule has 0 aromatic heterocycles. The van der Waals surface area contributed by atoms with Crippen molar-refractivity contribution in [2.45, 2.75) is 50.1 Å². The van der Waals surface area contributed by atoms with E-state index in [1.807, 2.05) is 32.0 Å². The molecule has 19 heavy (non-hydrogen) atoms. The number of thioether (sulfide) groups is 1. The Morgan fingerprint density at radius 1 is 1.37 bits per heavy atom. The average molecular weight is 281 g/mol. The molecule has 3 nitrogen and oxygen atoms in total. The molecule has 0 aliphatic heterocycles. The molecule has 0 heterocycles. The summed E-state index contributed by atoms with van der Waals surface area (Å²) in [5.41, 5.74) is -0.828. The van der Waals surface area contributed by atoms with Gasteiger partial charge < -0.3 is 5.11 Å². The van der Waals surface area contributed by atoms with Crippen LogP contribution in [0.1, 0.15) is 33.6 Å². The maximum atomic E-state index is 11.4. The van der Waals surface area contributed by atoms with Crippen LogP contribution >= 0.6 is 11.8 Å². The Morgan fingerprint density at radius 2 is 2.00 bits per heavy atom. The minimum Gasteiger partial charge on any atom is -0.480 e. The minimum absolute atomic E-state index is 0.169. The lowest BCUT2D eigenvalue weighted by Gasteiger charge is -2.28. The molecule has 4 heteroatoms. The first-order chi connectivity index (χ1) is 8.94. The number of hydrogen-bond acceptors (Lipinski definition) is 3. The van der Waals surface area contributed by atoms with E-state index in [0.717, 1.165) is 12.2 Å². The van der Waals surface area contributed by atoms with Crippen molar-refractivity contribution in [3.05, 3.63) is 30.3 Å². The smallest absolute Gasteiger partial charge is 0.323 e. The van der Waals surface area contributed by atoms with Crippen LogP contribution in [-0.2, 0) is 4.79 Å². The van der Waals surface area contributed by atoms with Crippen molar-refractivity contribution in [3.63, 3.8) is 0 Å². The van der Waals surface area contributed by atoms with Gasteiger partial charge in [-0.05, 0) is 51.5 Å². The quantitative estimate of drug-likeness (QED) is 0.566. The Bertz CT molecular complexity index is 394. The summed E-state index contributed by atoms with van der Waals surface area (Å²) in [6.45, 7) is 5.71. The van der Waals surface area contributed by atoms with Crippen LogP contribution in [0.15, 0.2) is 35.2 Å². The summed E-state index contributed by atoms with van der Waals surface area (Å²) in [6.07, 6.45) is 1.52. The molecular weight excluding hydrogens is 258 g/mol. The van der Waals surface area contributed by atoms with E-state index >= 15 is 0 Å². The van der Waals surface area contributed by atoms with Gasteiger partial charge in [0.1, 0.15) is 5.54 Å². The van der Waals surface area contributed by atoms with Crippen molar-refractivity contribution in [3.8, 4) is 0 Å². The van der Waals surface area contributed by atoms with Crippen LogP contribution in [0.2, 0.25) is 0 Å². The molecular formula is C15H23NO2S. The summed E-state index contributed by atoms with van der Waals surface area (Å²) in [7, 11) is 0. The second-order valence-corrected chi connectivity index (χ2v) is 6.37. The molecule has 0 amide bonds. The molecule has 0 fully saturated rings. The third-order valence-electron chi connectivity index (χ3n) is 2.91. The normalized spacial score (nSPS) is 14.3. The molecule has 0 bridgehead atoms. The van der Waals surface area contributed by atoms with E-state index in [-0.39, 0.29) is 6.04 Å². The molecule has 2 N–H and O–H groups in total. The molecule has 1 rings (SSSR count). The van der Waals surface area contributed by atoms with E-state index in [1.165, 1.54) is 4.90 Å². The molecule has 0 spiro atoms. The van der Waals surface area contributed by atoms with Crippen LogP contribution in [0.3, 0.4) is 0 Å². The third-order valence-corrected chi connectivity index (χ3v) is 4.01. The summed E-state index contributed by atoms with van der Waals surface area (Å²) >= 11 is 1.77. The predicted octanol–water partition coefficient (Wildman–Crippen LogP) is 3.40. The predicted molar refractivity (Wildman–Crippen MR) is 80.7 cm³/mol. The van der Waals surface area contributed by atoms with Gasteiger partial charge in [-0.3, -0.25) is 10.1 Å². The molecule has 1 atom stereocenters. The Labute approximate surface area is 119 Å². The van der Waals surface area contributed by atoms with Gasteiger partial charge in [0.15, 0.2) is 0 Å². The maximum Gasteiger partial charge on any atom is 0.323 e. The van der Waals surface area contributed by atoms with Gasteiger partial charge in [-0.15, -0.1) is 11.8 Å². The summed E-state index contributed by atoms with van der Waals surface area (Å²) in [4.78, 5) is 12.6. The number of aliphatic carboxylic acids is 1. The van der Waals surface area contributed by atoms with Gasteiger partial charge in [-0.25, -0.2) is 0 Å². The minimum atomic E-state index is -0.828. The zero-order valence-electron chi connectivity index (χ0n) is 11.8. The number of carboxylic acid groups (broad SMARTS) is 1. The van der Waals surface area contributed by atoms with Gasteiger partial charge in [0.2, 0.25) is 0 Å². The molecule has 1 aromatic carbocycles. The SMILES string of the molecule is CC(C)NC(C)(CCCSc1ccccc1)C(=O)O. The highest BCUT2D eigenvalue weighted by Crippen LogP contribution is 2.21. The van der Waals surface area contributed by atoms with E-state index < -0.39 is 11.5 Å². The van der Waals surface area contributed by atoms with E-state index in [2.05, 4.69) is 17.4 Å². The highest BCUT2D eigenvalue weighted by Gasteiger charge is 2.32. The second-order valence-electron chi connectivity index (χ2n) is 5.20. The van der Waals surface area contributed by atoms with Crippen LogP contribution in [0.25, 0.3) is 0 Å². The zero-order chi connectivity index (χ0) is 14.3. The lowest BCUT2D eigenvalue weighted by Crippen LogP contribution is -2.52. The third kappa shape index (κ3) is 5.66. The summed E-state index contributed by atoms with van der Waals surface area (Å²) in [6, 6.07) is 10.4. The maximum absolute atomic E-state index is 11.4. The summed E-state index contributed by atoms with van der Waals surface area (Å²) in [5.74, 6) is 0.165. The molecule has 1 unspecified atom stereocenters. The molecule has 0 saturated carbocycles. The number of hydrogen-bond donors (Lipinski definition) is 2. The van der Waals surface area contributed by atoms with Gasteiger partial charge in [-0.1, -0.05) is 18.2 Å². The Hall–Kier alpha value is -1.00. The van der Waals surface area contributed by atoms with Gasteiger partial charge in [0.05, 0.1) is 0 Å². The van der Waals surface area contributed by atoms with Crippen LogP contribution < -0.4 is 5.32 Å². The van der Waals surface area contributed by atoms with Gasteiger partial charge in [0, 0.05) is 10.9 Å². The largest absolute Gasteiger partial charge is 0.480 e. The summed E-state index contributed by atoms with van der Waals surface area (Å²) in [5, 5.41) is 12.5. The number of nitrogens with one attached hydrogen (secondary N) is 1. The molecule has 0 radical (unpaired) electrons. The highest BCUT2D eigenvalue weighted by molar-refractivity contribution is 7.99. The fourth-order valence-corrected chi connectivity index (χ4v) is 2.88.